The number of hydrogen-bond donors (Lipinski definition) is 1. The first-order valence-electron chi connectivity index (χ1n) is 7.21. The molecule has 0 radical (unpaired) electrons. The van der Waals surface area contributed by atoms with Crippen molar-refractivity contribution in [1.82, 2.24) is 0 Å². The summed E-state index contributed by atoms with van der Waals surface area (Å²) >= 11 is 1.32. The van der Waals surface area contributed by atoms with Crippen LogP contribution in [0.2, 0.25) is 0 Å². The summed E-state index contributed by atoms with van der Waals surface area (Å²) in [7, 11) is 0. The van der Waals surface area contributed by atoms with Crippen molar-refractivity contribution < 1.29 is 23.0 Å². The van der Waals surface area contributed by atoms with Crippen molar-refractivity contribution in [2.45, 2.75) is 39.0 Å². The number of fused-ring (bicyclic) bond motifs is 1. The van der Waals surface area contributed by atoms with Crippen LogP contribution in [0.1, 0.15) is 41.9 Å². The standard InChI is InChI=1S/C16H19F3O2S/c1-3-8-21-13(6-7-20)15-10(2)12-5-4-11(16(17,18)19)9-14(12)22-15/h4-5,9,13,20H,3,6-8H2,1-2H3. The van der Waals surface area contributed by atoms with Gasteiger partial charge in [-0.2, -0.15) is 13.2 Å². The first-order chi connectivity index (χ1) is 10.4. The first-order valence-corrected chi connectivity index (χ1v) is 8.02. The highest BCUT2D eigenvalue weighted by molar-refractivity contribution is 7.19. The van der Waals surface area contributed by atoms with Gasteiger partial charge < -0.3 is 9.84 Å². The molecular weight excluding hydrogens is 313 g/mol. The number of aliphatic hydroxyl groups is 1. The third-order valence-electron chi connectivity index (χ3n) is 3.51. The molecule has 2 aromatic rings. The van der Waals surface area contributed by atoms with Crippen molar-refractivity contribution in [3.63, 3.8) is 0 Å². The van der Waals surface area contributed by atoms with E-state index in [4.69, 9.17) is 4.74 Å². The number of rotatable bonds is 6. The van der Waals surface area contributed by atoms with E-state index in [0.29, 0.717) is 17.7 Å². The van der Waals surface area contributed by atoms with Gasteiger partial charge in [-0.1, -0.05) is 13.0 Å². The average molecular weight is 332 g/mol. The van der Waals surface area contributed by atoms with E-state index in [9.17, 15) is 18.3 Å². The quantitative estimate of drug-likeness (QED) is 0.799. The molecule has 1 unspecified atom stereocenters. The van der Waals surface area contributed by atoms with Gasteiger partial charge in [0.05, 0.1) is 11.7 Å². The van der Waals surface area contributed by atoms with Crippen LogP contribution in [0, 0.1) is 6.92 Å². The molecule has 0 fully saturated rings. The Hall–Kier alpha value is -1.11. The molecule has 0 spiro atoms. The monoisotopic (exact) mass is 332 g/mol. The van der Waals surface area contributed by atoms with Gasteiger partial charge in [-0.05, 0) is 36.4 Å². The summed E-state index contributed by atoms with van der Waals surface area (Å²) in [6.07, 6.45) is -3.31. The summed E-state index contributed by atoms with van der Waals surface area (Å²) in [5.41, 5.74) is 0.296. The van der Waals surface area contributed by atoms with Crippen LogP contribution in [0.5, 0.6) is 0 Å². The van der Waals surface area contributed by atoms with Gasteiger partial charge in [-0.15, -0.1) is 11.3 Å². The van der Waals surface area contributed by atoms with Crippen LogP contribution in [0.15, 0.2) is 18.2 Å². The number of halogens is 3. The Morgan fingerprint density at radius 2 is 2.05 bits per heavy atom. The highest BCUT2D eigenvalue weighted by Crippen LogP contribution is 2.40. The maximum Gasteiger partial charge on any atom is 0.416 e. The zero-order chi connectivity index (χ0) is 16.3. The fourth-order valence-corrected chi connectivity index (χ4v) is 3.73. The minimum atomic E-state index is -4.34. The molecule has 2 rings (SSSR count). The Labute approximate surface area is 131 Å². The van der Waals surface area contributed by atoms with Crippen LogP contribution in [-0.2, 0) is 10.9 Å². The fraction of sp³-hybridized carbons (Fsp3) is 0.500. The van der Waals surface area contributed by atoms with Crippen molar-refractivity contribution in [2.75, 3.05) is 13.2 Å². The van der Waals surface area contributed by atoms with E-state index in [-0.39, 0.29) is 12.7 Å². The number of aryl methyl sites for hydroxylation is 1. The predicted octanol–water partition coefficient (Wildman–Crippen LogP) is 5.08. The van der Waals surface area contributed by atoms with E-state index in [1.54, 1.807) is 0 Å². The summed E-state index contributed by atoms with van der Waals surface area (Å²) < 4.78 is 44.8. The first kappa shape index (κ1) is 17.2. The Morgan fingerprint density at radius 1 is 1.32 bits per heavy atom. The molecule has 1 atom stereocenters. The zero-order valence-electron chi connectivity index (χ0n) is 12.5. The number of benzene rings is 1. The maximum absolute atomic E-state index is 12.8. The lowest BCUT2D eigenvalue weighted by Crippen LogP contribution is -2.07. The lowest BCUT2D eigenvalue weighted by Gasteiger charge is -2.16. The molecule has 0 amide bonds. The zero-order valence-corrected chi connectivity index (χ0v) is 13.4. The normalized spacial score (nSPS) is 13.7. The Morgan fingerprint density at radius 3 is 2.64 bits per heavy atom. The van der Waals surface area contributed by atoms with E-state index in [2.05, 4.69) is 0 Å². The van der Waals surface area contributed by atoms with Gasteiger partial charge >= 0.3 is 6.18 Å². The molecule has 22 heavy (non-hydrogen) atoms. The summed E-state index contributed by atoms with van der Waals surface area (Å²) in [6.45, 7) is 4.42. The van der Waals surface area contributed by atoms with Gasteiger partial charge in [0, 0.05) is 29.2 Å². The highest BCUT2D eigenvalue weighted by atomic mass is 32.1. The molecule has 1 aromatic heterocycles. The van der Waals surface area contributed by atoms with Crippen LogP contribution in [0.4, 0.5) is 13.2 Å². The van der Waals surface area contributed by atoms with Gasteiger partial charge in [0.15, 0.2) is 0 Å². The summed E-state index contributed by atoms with van der Waals surface area (Å²) in [5.74, 6) is 0. The number of hydrogen-bond acceptors (Lipinski definition) is 3. The van der Waals surface area contributed by atoms with Gasteiger partial charge in [0.1, 0.15) is 0 Å². The second kappa shape index (κ2) is 6.98. The van der Waals surface area contributed by atoms with E-state index >= 15 is 0 Å². The summed E-state index contributed by atoms with van der Waals surface area (Å²) in [5, 5.41) is 10.0. The van der Waals surface area contributed by atoms with Crippen LogP contribution >= 0.6 is 11.3 Å². The number of alkyl halides is 3. The van der Waals surface area contributed by atoms with E-state index in [1.807, 2.05) is 13.8 Å². The van der Waals surface area contributed by atoms with Crippen LogP contribution in [0.25, 0.3) is 10.1 Å². The average Bonchev–Trinajstić information content (AvgIpc) is 2.79. The van der Waals surface area contributed by atoms with Gasteiger partial charge in [0.2, 0.25) is 0 Å². The van der Waals surface area contributed by atoms with Crippen molar-refractivity contribution in [3.05, 3.63) is 34.2 Å². The van der Waals surface area contributed by atoms with Crippen molar-refractivity contribution in [3.8, 4) is 0 Å². The van der Waals surface area contributed by atoms with Crippen molar-refractivity contribution in [1.29, 1.82) is 0 Å². The smallest absolute Gasteiger partial charge is 0.396 e. The van der Waals surface area contributed by atoms with Crippen molar-refractivity contribution in [2.24, 2.45) is 0 Å². The minimum Gasteiger partial charge on any atom is -0.396 e. The number of aliphatic hydroxyl groups excluding tert-OH is 1. The molecule has 122 valence electrons. The van der Waals surface area contributed by atoms with E-state index in [1.165, 1.54) is 23.5 Å². The number of ether oxygens (including phenoxy) is 1. The maximum atomic E-state index is 12.8. The molecule has 0 saturated carbocycles. The lowest BCUT2D eigenvalue weighted by molar-refractivity contribution is -0.137. The molecule has 1 aromatic carbocycles. The third kappa shape index (κ3) is 3.62. The SMILES string of the molecule is CCCOC(CCO)c1sc2cc(C(F)(F)F)ccc2c1C. The molecular formula is C16H19F3O2S. The van der Waals surface area contributed by atoms with E-state index in [0.717, 1.165) is 28.3 Å². The Balaban J connectivity index is 2.43. The highest BCUT2D eigenvalue weighted by Gasteiger charge is 2.31. The largest absolute Gasteiger partial charge is 0.416 e. The second-order valence-corrected chi connectivity index (χ2v) is 6.26. The third-order valence-corrected chi connectivity index (χ3v) is 4.86. The molecule has 2 nitrogen and oxygen atoms in total. The lowest BCUT2D eigenvalue weighted by atomic mass is 10.1. The molecule has 0 aliphatic rings. The minimum absolute atomic E-state index is 0.0180. The molecule has 0 aliphatic carbocycles. The summed E-state index contributed by atoms with van der Waals surface area (Å²) in [6, 6.07) is 3.81. The van der Waals surface area contributed by atoms with Crippen LogP contribution < -0.4 is 0 Å². The predicted molar refractivity (Wildman–Crippen MR) is 82.3 cm³/mol. The van der Waals surface area contributed by atoms with Crippen molar-refractivity contribution >= 4 is 21.4 Å². The number of thiophene rings is 1. The molecule has 1 N–H and O–H groups in total. The molecule has 0 bridgehead atoms. The van der Waals surface area contributed by atoms with Crippen LogP contribution in [-0.4, -0.2) is 18.3 Å². The van der Waals surface area contributed by atoms with Gasteiger partial charge in [0.25, 0.3) is 0 Å². The topological polar surface area (TPSA) is 29.5 Å². The molecule has 6 heteroatoms. The summed E-state index contributed by atoms with van der Waals surface area (Å²) in [4.78, 5) is 0.900. The van der Waals surface area contributed by atoms with E-state index < -0.39 is 11.7 Å². The molecule has 0 saturated heterocycles. The Bertz CT molecular complexity index is 634. The molecule has 1 heterocycles. The second-order valence-electron chi connectivity index (χ2n) is 5.17. The van der Waals surface area contributed by atoms with Gasteiger partial charge in [-0.3, -0.25) is 0 Å². The van der Waals surface area contributed by atoms with Gasteiger partial charge in [-0.25, -0.2) is 0 Å². The Kier molecular flexibility index (Phi) is 5.47. The van der Waals surface area contributed by atoms with Crippen LogP contribution in [0.3, 0.4) is 0 Å². The fourth-order valence-electron chi connectivity index (χ4n) is 2.40. The molecule has 0 aliphatic heterocycles.